The SMILES string of the molecule is COc1ccccc1NC(=O)NCCCn1ccnc1-c1ccccc1. The molecule has 1 aromatic heterocycles. The number of benzene rings is 2. The fourth-order valence-electron chi connectivity index (χ4n) is 2.70. The fraction of sp³-hybridized carbons (Fsp3) is 0.200. The third-order valence-electron chi connectivity index (χ3n) is 3.96. The van der Waals surface area contributed by atoms with Crippen LogP contribution in [-0.2, 0) is 6.54 Å². The Hall–Kier alpha value is -3.28. The summed E-state index contributed by atoms with van der Waals surface area (Å²) < 4.78 is 7.32. The van der Waals surface area contributed by atoms with Gasteiger partial charge in [0.05, 0.1) is 12.8 Å². The van der Waals surface area contributed by atoms with Gasteiger partial charge in [0.1, 0.15) is 11.6 Å². The van der Waals surface area contributed by atoms with Crippen LogP contribution in [0.25, 0.3) is 11.4 Å². The smallest absolute Gasteiger partial charge is 0.319 e. The number of carbonyl (C=O) groups is 1. The molecule has 0 aliphatic carbocycles. The van der Waals surface area contributed by atoms with Crippen LogP contribution < -0.4 is 15.4 Å². The molecule has 0 aliphatic heterocycles. The minimum atomic E-state index is -0.247. The summed E-state index contributed by atoms with van der Waals surface area (Å²) in [6.45, 7) is 1.34. The van der Waals surface area contributed by atoms with Gasteiger partial charge >= 0.3 is 6.03 Å². The first kappa shape index (κ1) is 17.5. The van der Waals surface area contributed by atoms with E-state index in [2.05, 4.69) is 20.2 Å². The summed E-state index contributed by atoms with van der Waals surface area (Å²) in [5.41, 5.74) is 1.73. The number of rotatable bonds is 7. The summed E-state index contributed by atoms with van der Waals surface area (Å²) in [4.78, 5) is 16.5. The number of amides is 2. The van der Waals surface area contributed by atoms with Crippen LogP contribution in [0.4, 0.5) is 10.5 Å². The van der Waals surface area contributed by atoms with Gasteiger partial charge in [0.2, 0.25) is 0 Å². The van der Waals surface area contributed by atoms with E-state index < -0.39 is 0 Å². The average Bonchev–Trinajstić information content (AvgIpc) is 3.15. The highest BCUT2D eigenvalue weighted by molar-refractivity contribution is 5.90. The lowest BCUT2D eigenvalue weighted by atomic mass is 10.2. The summed E-state index contributed by atoms with van der Waals surface area (Å²) >= 11 is 0. The van der Waals surface area contributed by atoms with Crippen molar-refractivity contribution in [2.24, 2.45) is 0 Å². The van der Waals surface area contributed by atoms with Crippen LogP contribution in [0.3, 0.4) is 0 Å². The van der Waals surface area contributed by atoms with Gasteiger partial charge in [0, 0.05) is 31.0 Å². The van der Waals surface area contributed by atoms with Crippen molar-refractivity contribution < 1.29 is 9.53 Å². The molecular formula is C20H22N4O2. The molecule has 0 unspecified atom stereocenters. The molecule has 0 saturated carbocycles. The molecule has 3 aromatic rings. The molecule has 0 fully saturated rings. The van der Waals surface area contributed by atoms with Crippen molar-refractivity contribution in [2.45, 2.75) is 13.0 Å². The maximum atomic E-state index is 12.0. The molecule has 0 radical (unpaired) electrons. The standard InChI is InChI=1S/C20H22N4O2/c1-26-18-11-6-5-10-17(18)23-20(25)22-12-7-14-24-15-13-21-19(24)16-8-3-2-4-9-16/h2-6,8-11,13,15H,7,12,14H2,1H3,(H2,22,23,25). The normalized spacial score (nSPS) is 10.3. The van der Waals surface area contributed by atoms with Gasteiger partial charge in [0.15, 0.2) is 0 Å². The van der Waals surface area contributed by atoms with Crippen molar-refractivity contribution >= 4 is 11.7 Å². The lowest BCUT2D eigenvalue weighted by Gasteiger charge is -2.11. The Bertz CT molecular complexity index is 846. The molecule has 2 aromatic carbocycles. The quantitative estimate of drug-likeness (QED) is 0.637. The Morgan fingerprint density at radius 1 is 1.12 bits per heavy atom. The Balaban J connectivity index is 1.48. The molecule has 0 saturated heterocycles. The van der Waals surface area contributed by atoms with Crippen LogP contribution in [0.5, 0.6) is 5.75 Å². The predicted molar refractivity (Wildman–Crippen MR) is 102 cm³/mol. The van der Waals surface area contributed by atoms with E-state index >= 15 is 0 Å². The van der Waals surface area contributed by atoms with Gasteiger partial charge in [-0.15, -0.1) is 0 Å². The molecule has 26 heavy (non-hydrogen) atoms. The van der Waals surface area contributed by atoms with Gasteiger partial charge in [-0.25, -0.2) is 9.78 Å². The topological polar surface area (TPSA) is 68.2 Å². The molecule has 134 valence electrons. The number of hydrogen-bond acceptors (Lipinski definition) is 3. The van der Waals surface area contributed by atoms with Gasteiger partial charge < -0.3 is 19.9 Å². The zero-order chi connectivity index (χ0) is 18.2. The molecular weight excluding hydrogens is 328 g/mol. The summed E-state index contributed by atoms with van der Waals surface area (Å²) in [5.74, 6) is 1.57. The first-order chi connectivity index (χ1) is 12.8. The van der Waals surface area contributed by atoms with E-state index in [0.717, 1.165) is 24.4 Å². The van der Waals surface area contributed by atoms with Gasteiger partial charge in [0.25, 0.3) is 0 Å². The number of para-hydroxylation sites is 2. The molecule has 0 spiro atoms. The van der Waals surface area contributed by atoms with Gasteiger partial charge in [-0.2, -0.15) is 0 Å². The number of methoxy groups -OCH3 is 1. The zero-order valence-electron chi connectivity index (χ0n) is 14.7. The third kappa shape index (κ3) is 4.42. The van der Waals surface area contributed by atoms with E-state index in [1.807, 2.05) is 48.7 Å². The minimum absolute atomic E-state index is 0.247. The lowest BCUT2D eigenvalue weighted by molar-refractivity contribution is 0.251. The summed E-state index contributed by atoms with van der Waals surface area (Å²) in [7, 11) is 1.58. The van der Waals surface area contributed by atoms with Crippen LogP contribution >= 0.6 is 0 Å². The molecule has 2 N–H and O–H groups in total. The van der Waals surface area contributed by atoms with Crippen molar-refractivity contribution in [3.05, 3.63) is 67.0 Å². The summed E-state index contributed by atoms with van der Waals surface area (Å²) in [6, 6.07) is 17.1. The third-order valence-corrected chi connectivity index (χ3v) is 3.96. The van der Waals surface area contributed by atoms with Crippen LogP contribution in [0.2, 0.25) is 0 Å². The number of nitrogens with zero attached hydrogens (tertiary/aromatic N) is 2. The Morgan fingerprint density at radius 3 is 2.69 bits per heavy atom. The van der Waals surface area contributed by atoms with Crippen LogP contribution in [0.15, 0.2) is 67.0 Å². The first-order valence-electron chi connectivity index (χ1n) is 8.52. The van der Waals surface area contributed by atoms with Gasteiger partial charge in [-0.1, -0.05) is 42.5 Å². The molecule has 3 rings (SSSR count). The molecule has 6 nitrogen and oxygen atoms in total. The number of anilines is 1. The lowest BCUT2D eigenvalue weighted by Crippen LogP contribution is -2.30. The van der Waals surface area contributed by atoms with E-state index in [0.29, 0.717) is 18.0 Å². The molecule has 1 heterocycles. The van der Waals surface area contributed by atoms with E-state index in [1.165, 1.54) is 0 Å². The Morgan fingerprint density at radius 2 is 1.88 bits per heavy atom. The fourth-order valence-corrected chi connectivity index (χ4v) is 2.70. The highest BCUT2D eigenvalue weighted by Crippen LogP contribution is 2.22. The number of imidazole rings is 1. The van der Waals surface area contributed by atoms with Crippen molar-refractivity contribution in [1.29, 1.82) is 0 Å². The average molecular weight is 350 g/mol. The number of urea groups is 1. The van der Waals surface area contributed by atoms with E-state index in [1.54, 1.807) is 25.4 Å². The predicted octanol–water partition coefficient (Wildman–Crippen LogP) is 3.77. The maximum absolute atomic E-state index is 12.0. The number of ether oxygens (including phenoxy) is 1. The van der Waals surface area contributed by atoms with Gasteiger partial charge in [-0.05, 0) is 18.6 Å². The van der Waals surface area contributed by atoms with Crippen molar-refractivity contribution in [3.8, 4) is 17.1 Å². The maximum Gasteiger partial charge on any atom is 0.319 e. The second kappa shape index (κ2) is 8.71. The highest BCUT2D eigenvalue weighted by atomic mass is 16.5. The molecule has 6 heteroatoms. The van der Waals surface area contributed by atoms with E-state index in [-0.39, 0.29) is 6.03 Å². The molecule has 2 amide bonds. The molecule has 0 bridgehead atoms. The number of carbonyl (C=O) groups excluding carboxylic acids is 1. The molecule has 0 aliphatic rings. The number of aromatic nitrogens is 2. The van der Waals surface area contributed by atoms with E-state index in [4.69, 9.17) is 4.74 Å². The van der Waals surface area contributed by atoms with Crippen LogP contribution in [0, 0.1) is 0 Å². The van der Waals surface area contributed by atoms with Crippen LogP contribution in [0.1, 0.15) is 6.42 Å². The molecule has 0 atom stereocenters. The van der Waals surface area contributed by atoms with Crippen LogP contribution in [-0.4, -0.2) is 29.2 Å². The Labute approximate surface area is 152 Å². The van der Waals surface area contributed by atoms with E-state index in [9.17, 15) is 4.79 Å². The zero-order valence-corrected chi connectivity index (χ0v) is 14.7. The number of hydrogen-bond donors (Lipinski definition) is 2. The summed E-state index contributed by atoms with van der Waals surface area (Å²) in [5, 5.41) is 5.66. The van der Waals surface area contributed by atoms with Gasteiger partial charge in [-0.3, -0.25) is 0 Å². The van der Waals surface area contributed by atoms with Crippen molar-refractivity contribution in [2.75, 3.05) is 19.0 Å². The highest BCUT2D eigenvalue weighted by Gasteiger charge is 2.07. The van der Waals surface area contributed by atoms with Crippen molar-refractivity contribution in [3.63, 3.8) is 0 Å². The first-order valence-corrected chi connectivity index (χ1v) is 8.52. The second-order valence-corrected chi connectivity index (χ2v) is 5.75. The number of nitrogens with one attached hydrogen (secondary N) is 2. The largest absolute Gasteiger partial charge is 0.495 e. The van der Waals surface area contributed by atoms with Crippen molar-refractivity contribution in [1.82, 2.24) is 14.9 Å². The monoisotopic (exact) mass is 350 g/mol. The summed E-state index contributed by atoms with van der Waals surface area (Å²) in [6.07, 6.45) is 4.55. The Kier molecular flexibility index (Phi) is 5.88. The second-order valence-electron chi connectivity index (χ2n) is 5.75. The number of aryl methyl sites for hydroxylation is 1. The minimum Gasteiger partial charge on any atom is -0.495 e.